The van der Waals surface area contributed by atoms with E-state index in [-0.39, 0.29) is 10.9 Å². The summed E-state index contributed by atoms with van der Waals surface area (Å²) in [6.07, 6.45) is 0.683. The summed E-state index contributed by atoms with van der Waals surface area (Å²) < 4.78 is 51.7. The maximum absolute atomic E-state index is 12.9. The van der Waals surface area contributed by atoms with Crippen LogP contribution in [0.25, 0.3) is 0 Å². The number of nitrogens with one attached hydrogen (secondary N) is 2. The van der Waals surface area contributed by atoms with Gasteiger partial charge in [0, 0.05) is 12.6 Å². The molecule has 0 spiro atoms. The Hall–Kier alpha value is -1.05. The van der Waals surface area contributed by atoms with Crippen LogP contribution in [0.2, 0.25) is 0 Å². The van der Waals surface area contributed by atoms with Crippen LogP contribution in [-0.4, -0.2) is 27.5 Å². The zero-order valence-corrected chi connectivity index (χ0v) is 9.73. The smallest absolute Gasteiger partial charge is 0.240 e. The van der Waals surface area contributed by atoms with Gasteiger partial charge in [-0.05, 0) is 31.2 Å². The summed E-state index contributed by atoms with van der Waals surface area (Å²) >= 11 is 0. The molecule has 0 bridgehead atoms. The topological polar surface area (TPSA) is 58.2 Å². The van der Waals surface area contributed by atoms with Crippen molar-refractivity contribution in [2.75, 3.05) is 13.1 Å². The van der Waals surface area contributed by atoms with E-state index in [9.17, 15) is 17.2 Å². The summed E-state index contributed by atoms with van der Waals surface area (Å²) in [5.41, 5.74) is 0. The van der Waals surface area contributed by atoms with Crippen LogP contribution in [0.15, 0.2) is 23.1 Å². The first-order valence-corrected chi connectivity index (χ1v) is 6.65. The quantitative estimate of drug-likeness (QED) is 0.839. The van der Waals surface area contributed by atoms with Crippen molar-refractivity contribution in [1.82, 2.24) is 10.0 Å². The van der Waals surface area contributed by atoms with Crippen LogP contribution in [0, 0.1) is 11.6 Å². The van der Waals surface area contributed by atoms with Gasteiger partial charge in [-0.3, -0.25) is 0 Å². The van der Waals surface area contributed by atoms with Crippen LogP contribution < -0.4 is 10.0 Å². The average Bonchev–Trinajstić information content (AvgIpc) is 2.73. The summed E-state index contributed by atoms with van der Waals surface area (Å²) in [5.74, 6) is -2.23. The van der Waals surface area contributed by atoms with Gasteiger partial charge in [-0.15, -0.1) is 0 Å². The molecule has 1 aliphatic rings. The van der Waals surface area contributed by atoms with Crippen molar-refractivity contribution in [3.05, 3.63) is 29.8 Å². The molecular weight excluding hydrogens is 250 g/mol. The van der Waals surface area contributed by atoms with E-state index in [1.807, 2.05) is 0 Å². The van der Waals surface area contributed by atoms with Gasteiger partial charge in [-0.25, -0.2) is 21.9 Å². The first kappa shape index (κ1) is 12.4. The molecule has 1 fully saturated rings. The molecule has 0 aliphatic carbocycles. The minimum absolute atomic E-state index is 0.201. The lowest BCUT2D eigenvalue weighted by Crippen LogP contribution is -2.36. The molecule has 1 aromatic carbocycles. The Morgan fingerprint density at radius 3 is 2.65 bits per heavy atom. The zero-order valence-electron chi connectivity index (χ0n) is 8.91. The highest BCUT2D eigenvalue weighted by molar-refractivity contribution is 7.89. The van der Waals surface area contributed by atoms with Crippen LogP contribution >= 0.6 is 0 Å². The second-order valence-electron chi connectivity index (χ2n) is 3.89. The van der Waals surface area contributed by atoms with Gasteiger partial charge in [0.2, 0.25) is 10.0 Å². The summed E-state index contributed by atoms with van der Waals surface area (Å²) in [5, 5.41) is 3.01. The van der Waals surface area contributed by atoms with Crippen molar-refractivity contribution in [1.29, 1.82) is 0 Å². The van der Waals surface area contributed by atoms with Gasteiger partial charge in [0.05, 0.1) is 4.90 Å². The second-order valence-corrected chi connectivity index (χ2v) is 5.60. The SMILES string of the molecule is O=S(=O)(NC1CCNC1)c1ccc(F)c(F)c1. The normalized spacial score (nSPS) is 20.7. The van der Waals surface area contributed by atoms with Crippen LogP contribution in [0.1, 0.15) is 6.42 Å². The molecule has 2 N–H and O–H groups in total. The first-order valence-electron chi connectivity index (χ1n) is 5.17. The van der Waals surface area contributed by atoms with E-state index in [0.717, 1.165) is 18.7 Å². The Morgan fingerprint density at radius 1 is 1.29 bits per heavy atom. The fourth-order valence-corrected chi connectivity index (χ4v) is 2.97. The molecule has 0 aromatic heterocycles. The fourth-order valence-electron chi connectivity index (χ4n) is 1.69. The lowest BCUT2D eigenvalue weighted by atomic mass is 10.3. The second kappa shape index (κ2) is 4.67. The van der Waals surface area contributed by atoms with Gasteiger partial charge in [0.15, 0.2) is 11.6 Å². The van der Waals surface area contributed by atoms with Crippen molar-refractivity contribution in [2.24, 2.45) is 0 Å². The third-order valence-electron chi connectivity index (χ3n) is 2.58. The Kier molecular flexibility index (Phi) is 3.41. The van der Waals surface area contributed by atoms with Gasteiger partial charge in [-0.2, -0.15) is 0 Å². The molecule has 94 valence electrons. The van der Waals surface area contributed by atoms with Gasteiger partial charge in [-0.1, -0.05) is 0 Å². The van der Waals surface area contributed by atoms with Crippen molar-refractivity contribution >= 4 is 10.0 Å². The number of sulfonamides is 1. The molecule has 1 aromatic rings. The summed E-state index contributed by atoms with van der Waals surface area (Å²) in [6.45, 7) is 1.29. The number of halogens is 2. The Morgan fingerprint density at radius 2 is 2.06 bits per heavy atom. The number of hydrogen-bond acceptors (Lipinski definition) is 3. The van der Waals surface area contributed by atoms with E-state index in [0.29, 0.717) is 19.0 Å². The van der Waals surface area contributed by atoms with E-state index in [2.05, 4.69) is 10.0 Å². The zero-order chi connectivity index (χ0) is 12.5. The van der Waals surface area contributed by atoms with Gasteiger partial charge >= 0.3 is 0 Å². The maximum atomic E-state index is 12.9. The molecule has 0 amide bonds. The van der Waals surface area contributed by atoms with Crippen LogP contribution in [0.4, 0.5) is 8.78 Å². The van der Waals surface area contributed by atoms with Crippen molar-refractivity contribution in [3.8, 4) is 0 Å². The summed E-state index contributed by atoms with van der Waals surface area (Å²) in [6, 6.07) is 2.33. The third kappa shape index (κ3) is 2.80. The molecule has 1 atom stereocenters. The molecule has 7 heteroatoms. The van der Waals surface area contributed by atoms with E-state index in [1.54, 1.807) is 0 Å². The van der Waals surface area contributed by atoms with Crippen molar-refractivity contribution in [2.45, 2.75) is 17.4 Å². The van der Waals surface area contributed by atoms with E-state index in [1.165, 1.54) is 0 Å². The molecule has 0 saturated carbocycles. The first-order chi connectivity index (χ1) is 7.99. The predicted octanol–water partition coefficient (Wildman–Crippen LogP) is 0.605. The molecule has 17 heavy (non-hydrogen) atoms. The van der Waals surface area contributed by atoms with Crippen LogP contribution in [-0.2, 0) is 10.0 Å². The molecular formula is C10H12F2N2O2S. The van der Waals surface area contributed by atoms with E-state index >= 15 is 0 Å². The van der Waals surface area contributed by atoms with Gasteiger partial charge in [0.1, 0.15) is 0 Å². The molecule has 1 aliphatic heterocycles. The van der Waals surface area contributed by atoms with Crippen molar-refractivity contribution < 1.29 is 17.2 Å². The van der Waals surface area contributed by atoms with Gasteiger partial charge in [0.25, 0.3) is 0 Å². The molecule has 1 saturated heterocycles. The largest absolute Gasteiger partial charge is 0.315 e. The number of hydrogen-bond donors (Lipinski definition) is 2. The molecule has 0 radical (unpaired) electrons. The molecule has 1 heterocycles. The molecule has 2 rings (SSSR count). The monoisotopic (exact) mass is 262 g/mol. The van der Waals surface area contributed by atoms with E-state index < -0.39 is 21.7 Å². The number of rotatable bonds is 3. The van der Waals surface area contributed by atoms with Gasteiger partial charge < -0.3 is 5.32 Å². The summed E-state index contributed by atoms with van der Waals surface area (Å²) in [7, 11) is -3.78. The maximum Gasteiger partial charge on any atom is 0.240 e. The minimum atomic E-state index is -3.78. The van der Waals surface area contributed by atoms with E-state index in [4.69, 9.17) is 0 Å². The average molecular weight is 262 g/mol. The summed E-state index contributed by atoms with van der Waals surface area (Å²) in [4.78, 5) is -0.261. The predicted molar refractivity (Wildman–Crippen MR) is 58.0 cm³/mol. The highest BCUT2D eigenvalue weighted by atomic mass is 32.2. The minimum Gasteiger partial charge on any atom is -0.315 e. The lowest BCUT2D eigenvalue weighted by Gasteiger charge is -2.11. The van der Waals surface area contributed by atoms with Crippen molar-refractivity contribution in [3.63, 3.8) is 0 Å². The molecule has 1 unspecified atom stereocenters. The Bertz CT molecular complexity index is 513. The fraction of sp³-hybridized carbons (Fsp3) is 0.400. The van der Waals surface area contributed by atoms with Crippen LogP contribution in [0.3, 0.4) is 0 Å². The molecule has 4 nitrogen and oxygen atoms in total. The Labute approximate surface area is 98.1 Å². The Balaban J connectivity index is 2.21. The highest BCUT2D eigenvalue weighted by Crippen LogP contribution is 2.14. The number of benzene rings is 1. The third-order valence-corrected chi connectivity index (χ3v) is 4.10. The van der Waals surface area contributed by atoms with Crippen LogP contribution in [0.5, 0.6) is 0 Å². The standard InChI is InChI=1S/C10H12F2N2O2S/c11-9-2-1-8(5-10(9)12)17(15,16)14-7-3-4-13-6-7/h1-2,5,7,13-14H,3-4,6H2. The lowest BCUT2D eigenvalue weighted by molar-refractivity contribution is 0.503. The highest BCUT2D eigenvalue weighted by Gasteiger charge is 2.23.